The largest absolute Gasteiger partial charge is 0.381 e. The van der Waals surface area contributed by atoms with Crippen LogP contribution in [0.5, 0.6) is 0 Å². The molecular formula is C16H28N2O4S. The lowest BCUT2D eigenvalue weighted by Gasteiger charge is -2.42. The van der Waals surface area contributed by atoms with Gasteiger partial charge in [-0.25, -0.2) is 8.42 Å². The summed E-state index contributed by atoms with van der Waals surface area (Å²) in [6.07, 6.45) is 7.50. The van der Waals surface area contributed by atoms with Crippen molar-refractivity contribution in [1.82, 2.24) is 9.21 Å². The summed E-state index contributed by atoms with van der Waals surface area (Å²) in [7, 11) is -3.28. The third-order valence-electron chi connectivity index (χ3n) is 5.20. The van der Waals surface area contributed by atoms with Crippen LogP contribution in [-0.4, -0.2) is 68.2 Å². The number of hydrogen-bond acceptors (Lipinski definition) is 4. The summed E-state index contributed by atoms with van der Waals surface area (Å²) >= 11 is 0. The molecule has 0 aromatic carbocycles. The van der Waals surface area contributed by atoms with E-state index < -0.39 is 10.0 Å². The van der Waals surface area contributed by atoms with Crippen LogP contribution in [0.15, 0.2) is 0 Å². The van der Waals surface area contributed by atoms with Crippen molar-refractivity contribution in [3.8, 4) is 0 Å². The lowest BCUT2D eigenvalue weighted by molar-refractivity contribution is -0.133. The number of likely N-dealkylation sites (tertiary alicyclic amines) is 1. The van der Waals surface area contributed by atoms with Crippen molar-refractivity contribution < 1.29 is 17.9 Å². The topological polar surface area (TPSA) is 66.9 Å². The quantitative estimate of drug-likeness (QED) is 0.752. The highest BCUT2D eigenvalue weighted by Gasteiger charge is 2.38. The van der Waals surface area contributed by atoms with Crippen LogP contribution < -0.4 is 0 Å². The Morgan fingerprint density at radius 3 is 2.43 bits per heavy atom. The van der Waals surface area contributed by atoms with Gasteiger partial charge in [0.05, 0.1) is 6.26 Å². The van der Waals surface area contributed by atoms with Crippen molar-refractivity contribution in [2.75, 3.05) is 32.6 Å². The average Bonchev–Trinajstić information content (AvgIpc) is 3.31. The summed E-state index contributed by atoms with van der Waals surface area (Å²) in [6, 6.07) is -0.0627. The number of ether oxygens (including phenoxy) is 1. The number of amides is 1. The first-order valence-corrected chi connectivity index (χ1v) is 10.6. The van der Waals surface area contributed by atoms with Crippen molar-refractivity contribution in [1.29, 1.82) is 0 Å². The van der Waals surface area contributed by atoms with Gasteiger partial charge in [-0.05, 0) is 44.4 Å². The van der Waals surface area contributed by atoms with Gasteiger partial charge >= 0.3 is 0 Å². The normalized spacial score (nSPS) is 27.4. The van der Waals surface area contributed by atoms with Crippen LogP contribution in [0, 0.1) is 5.92 Å². The van der Waals surface area contributed by atoms with Crippen LogP contribution in [0.3, 0.4) is 0 Å². The van der Waals surface area contributed by atoms with E-state index in [0.29, 0.717) is 32.1 Å². The van der Waals surface area contributed by atoms with Crippen LogP contribution in [-0.2, 0) is 19.6 Å². The Kier molecular flexibility index (Phi) is 5.28. The number of carbonyl (C=O) groups is 1. The molecule has 6 nitrogen and oxygen atoms in total. The van der Waals surface area contributed by atoms with Crippen LogP contribution in [0.25, 0.3) is 0 Å². The van der Waals surface area contributed by atoms with E-state index in [-0.39, 0.29) is 18.0 Å². The highest BCUT2D eigenvalue weighted by Crippen LogP contribution is 2.33. The van der Waals surface area contributed by atoms with Crippen LogP contribution >= 0.6 is 0 Å². The standard InChI is InChI=1S/C16H28N2O4S/c1-23(20,21)18(14-6-9-22-10-7-14)15-3-2-8-17(12-15)16(19)11-13-4-5-13/h13-15H,2-12H2,1H3. The van der Waals surface area contributed by atoms with E-state index in [0.717, 1.165) is 32.2 Å². The molecule has 1 amide bonds. The molecule has 0 aromatic heterocycles. The van der Waals surface area contributed by atoms with E-state index in [4.69, 9.17) is 4.74 Å². The number of rotatable bonds is 5. The van der Waals surface area contributed by atoms with E-state index in [1.54, 1.807) is 4.31 Å². The third kappa shape index (κ3) is 4.45. The van der Waals surface area contributed by atoms with Gasteiger partial charge in [0.15, 0.2) is 0 Å². The van der Waals surface area contributed by atoms with Crippen LogP contribution in [0.4, 0.5) is 0 Å². The maximum Gasteiger partial charge on any atom is 0.222 e. The second-order valence-electron chi connectivity index (χ2n) is 7.22. The van der Waals surface area contributed by atoms with E-state index in [1.807, 2.05) is 4.90 Å². The molecule has 7 heteroatoms. The SMILES string of the molecule is CS(=O)(=O)N(C1CCOCC1)C1CCCN(C(=O)CC2CC2)C1. The van der Waals surface area contributed by atoms with Crippen molar-refractivity contribution in [3.63, 3.8) is 0 Å². The maximum atomic E-state index is 12.4. The molecule has 3 rings (SSSR count). The minimum atomic E-state index is -3.28. The maximum absolute atomic E-state index is 12.4. The summed E-state index contributed by atoms with van der Waals surface area (Å²) < 4.78 is 31.8. The number of hydrogen-bond donors (Lipinski definition) is 0. The van der Waals surface area contributed by atoms with Gasteiger partial charge < -0.3 is 9.64 Å². The molecule has 0 bridgehead atoms. The Morgan fingerprint density at radius 2 is 1.83 bits per heavy atom. The Labute approximate surface area is 139 Å². The van der Waals surface area contributed by atoms with Crippen molar-refractivity contribution in [2.45, 2.75) is 57.0 Å². The summed E-state index contributed by atoms with van der Waals surface area (Å²) in [5.74, 6) is 0.780. The molecule has 2 aliphatic heterocycles. The molecule has 0 radical (unpaired) electrons. The summed E-state index contributed by atoms with van der Waals surface area (Å²) in [5, 5.41) is 0. The van der Waals surface area contributed by atoms with Gasteiger partial charge in [0.25, 0.3) is 0 Å². The first kappa shape index (κ1) is 17.2. The predicted molar refractivity (Wildman–Crippen MR) is 87.5 cm³/mol. The molecule has 2 heterocycles. The zero-order valence-corrected chi connectivity index (χ0v) is 14.8. The van der Waals surface area contributed by atoms with E-state index in [2.05, 4.69) is 0 Å². The Balaban J connectivity index is 1.69. The average molecular weight is 344 g/mol. The summed E-state index contributed by atoms with van der Waals surface area (Å²) in [5.41, 5.74) is 0. The van der Waals surface area contributed by atoms with E-state index in [1.165, 1.54) is 19.1 Å². The molecule has 3 fully saturated rings. The smallest absolute Gasteiger partial charge is 0.222 e. The molecule has 0 spiro atoms. The van der Waals surface area contributed by atoms with Gasteiger partial charge in [0.1, 0.15) is 0 Å². The van der Waals surface area contributed by atoms with Crippen molar-refractivity contribution in [3.05, 3.63) is 0 Å². The fourth-order valence-electron chi connectivity index (χ4n) is 3.87. The van der Waals surface area contributed by atoms with Gasteiger partial charge in [0.2, 0.25) is 15.9 Å². The first-order chi connectivity index (χ1) is 10.9. The predicted octanol–water partition coefficient (Wildman–Crippen LogP) is 1.22. The minimum absolute atomic E-state index is 0.0160. The van der Waals surface area contributed by atoms with Gasteiger partial charge in [-0.3, -0.25) is 4.79 Å². The Hall–Kier alpha value is -0.660. The molecule has 1 saturated carbocycles. The lowest BCUT2D eigenvalue weighted by Crippen LogP contribution is -2.55. The molecule has 23 heavy (non-hydrogen) atoms. The highest BCUT2D eigenvalue weighted by molar-refractivity contribution is 7.88. The fraction of sp³-hybridized carbons (Fsp3) is 0.938. The lowest BCUT2D eigenvalue weighted by atomic mass is 10.0. The Morgan fingerprint density at radius 1 is 1.13 bits per heavy atom. The number of piperidine rings is 1. The third-order valence-corrected chi connectivity index (χ3v) is 6.57. The zero-order valence-electron chi connectivity index (χ0n) is 13.9. The molecular weight excluding hydrogens is 316 g/mol. The molecule has 0 N–H and O–H groups in total. The van der Waals surface area contributed by atoms with Gasteiger partial charge in [-0.15, -0.1) is 0 Å². The molecule has 1 atom stereocenters. The van der Waals surface area contributed by atoms with E-state index in [9.17, 15) is 13.2 Å². The van der Waals surface area contributed by atoms with Gasteiger partial charge in [0, 0.05) is 44.8 Å². The van der Waals surface area contributed by atoms with Crippen LogP contribution in [0.1, 0.15) is 44.9 Å². The van der Waals surface area contributed by atoms with Crippen LogP contribution in [0.2, 0.25) is 0 Å². The fourth-order valence-corrected chi connectivity index (χ4v) is 5.33. The number of nitrogens with zero attached hydrogens (tertiary/aromatic N) is 2. The molecule has 1 aliphatic carbocycles. The monoisotopic (exact) mass is 344 g/mol. The van der Waals surface area contributed by atoms with Gasteiger partial charge in [-0.1, -0.05) is 0 Å². The number of carbonyl (C=O) groups excluding carboxylic acids is 1. The Bertz CT molecular complexity index is 526. The minimum Gasteiger partial charge on any atom is -0.381 e. The second-order valence-corrected chi connectivity index (χ2v) is 9.11. The second kappa shape index (κ2) is 7.07. The first-order valence-electron chi connectivity index (χ1n) is 8.79. The zero-order chi connectivity index (χ0) is 16.4. The molecule has 2 saturated heterocycles. The molecule has 3 aliphatic rings. The molecule has 132 valence electrons. The summed E-state index contributed by atoms with van der Waals surface area (Å²) in [6.45, 7) is 2.56. The van der Waals surface area contributed by atoms with E-state index >= 15 is 0 Å². The van der Waals surface area contributed by atoms with Gasteiger partial charge in [-0.2, -0.15) is 4.31 Å². The molecule has 1 unspecified atom stereocenters. The highest BCUT2D eigenvalue weighted by atomic mass is 32.2. The van der Waals surface area contributed by atoms with Crippen molar-refractivity contribution >= 4 is 15.9 Å². The van der Waals surface area contributed by atoms with Crippen molar-refractivity contribution in [2.24, 2.45) is 5.92 Å². The molecule has 0 aromatic rings. The summed E-state index contributed by atoms with van der Waals surface area (Å²) in [4.78, 5) is 14.3. The number of sulfonamides is 1.